The third-order valence-electron chi connectivity index (χ3n) is 5.42. The van der Waals surface area contributed by atoms with Crippen molar-refractivity contribution in [2.75, 3.05) is 21.1 Å². The van der Waals surface area contributed by atoms with Crippen LogP contribution in [0.5, 0.6) is 0 Å². The predicted octanol–water partition coefficient (Wildman–Crippen LogP) is 2.28. The minimum atomic E-state index is -0.530. The van der Waals surface area contributed by atoms with Crippen molar-refractivity contribution in [1.29, 1.82) is 0 Å². The normalized spacial score (nSPS) is 15.4. The number of benzene rings is 2. The van der Waals surface area contributed by atoms with Crippen LogP contribution >= 0.6 is 0 Å². The van der Waals surface area contributed by atoms with E-state index in [0.29, 0.717) is 12.1 Å². The highest BCUT2D eigenvalue weighted by atomic mass is 16.6. The fourth-order valence-electron chi connectivity index (χ4n) is 3.88. The molecule has 26 heavy (non-hydrogen) atoms. The fraction of sp³-hybridized carbons (Fsp3) is 0.350. The molecule has 6 nitrogen and oxygen atoms in total. The number of hydrogen-bond acceptors (Lipinski definition) is 5. The Bertz CT molecular complexity index is 938. The van der Waals surface area contributed by atoms with Gasteiger partial charge in [0.05, 0.1) is 0 Å². The number of fused-ring (bicyclic) bond motifs is 2. The first-order chi connectivity index (χ1) is 12.5. The Labute approximate surface area is 152 Å². The topological polar surface area (TPSA) is 62.5 Å². The average molecular weight is 350 g/mol. The summed E-state index contributed by atoms with van der Waals surface area (Å²) in [5, 5.41) is 7.70. The van der Waals surface area contributed by atoms with Crippen LogP contribution < -0.4 is 0 Å². The van der Waals surface area contributed by atoms with Crippen molar-refractivity contribution in [3.63, 3.8) is 0 Å². The van der Waals surface area contributed by atoms with Gasteiger partial charge in [-0.15, -0.1) is 0 Å². The molecule has 0 bridgehead atoms. The first kappa shape index (κ1) is 16.7. The summed E-state index contributed by atoms with van der Waals surface area (Å²) in [6, 6.07) is 14.1. The largest absolute Gasteiger partial charge is 0.340 e. The first-order valence-electron chi connectivity index (χ1n) is 8.70. The third kappa shape index (κ3) is 2.66. The maximum absolute atomic E-state index is 13.4. The standard InChI is InChI=1S/C20H22N4O2/c1-23(2)20(11-15-6-4-5-7-16(15)12-20)19(25)24(3)13-14-8-9-17-18(10-14)22-26-21-17/h4-10H,11-13H2,1-3H3. The van der Waals surface area contributed by atoms with Crippen LogP contribution in [0.2, 0.25) is 0 Å². The van der Waals surface area contributed by atoms with Gasteiger partial charge in [0.1, 0.15) is 16.6 Å². The van der Waals surface area contributed by atoms with Gasteiger partial charge in [0.25, 0.3) is 0 Å². The number of aromatic nitrogens is 2. The van der Waals surface area contributed by atoms with Crippen LogP contribution in [-0.4, -0.2) is 52.7 Å². The van der Waals surface area contributed by atoms with Gasteiger partial charge in [0.15, 0.2) is 0 Å². The van der Waals surface area contributed by atoms with Crippen LogP contribution in [0.25, 0.3) is 11.0 Å². The quantitative estimate of drug-likeness (QED) is 0.722. The van der Waals surface area contributed by atoms with Gasteiger partial charge in [-0.25, -0.2) is 4.63 Å². The number of nitrogens with zero attached hydrogens (tertiary/aromatic N) is 4. The van der Waals surface area contributed by atoms with E-state index in [-0.39, 0.29) is 5.91 Å². The summed E-state index contributed by atoms with van der Waals surface area (Å²) >= 11 is 0. The van der Waals surface area contributed by atoms with Crippen molar-refractivity contribution >= 4 is 16.9 Å². The molecular formula is C20H22N4O2. The van der Waals surface area contributed by atoms with Gasteiger partial charge in [-0.2, -0.15) is 0 Å². The highest BCUT2D eigenvalue weighted by Crippen LogP contribution is 2.35. The highest BCUT2D eigenvalue weighted by molar-refractivity contribution is 5.88. The molecule has 0 saturated heterocycles. The van der Waals surface area contributed by atoms with E-state index in [9.17, 15) is 4.79 Å². The van der Waals surface area contributed by atoms with E-state index < -0.39 is 5.54 Å². The molecule has 1 aliphatic rings. The molecule has 0 unspecified atom stereocenters. The molecule has 3 aromatic rings. The van der Waals surface area contributed by atoms with Crippen molar-refractivity contribution in [3.05, 3.63) is 59.2 Å². The minimum Gasteiger partial charge on any atom is -0.340 e. The van der Waals surface area contributed by atoms with Crippen LogP contribution in [0, 0.1) is 0 Å². The van der Waals surface area contributed by atoms with Crippen LogP contribution in [-0.2, 0) is 24.2 Å². The molecule has 4 rings (SSSR count). The monoisotopic (exact) mass is 350 g/mol. The molecule has 0 spiro atoms. The van der Waals surface area contributed by atoms with E-state index in [4.69, 9.17) is 4.63 Å². The van der Waals surface area contributed by atoms with Crippen LogP contribution in [0.4, 0.5) is 0 Å². The Morgan fingerprint density at radius 2 is 1.69 bits per heavy atom. The Kier molecular flexibility index (Phi) is 4.00. The molecule has 1 amide bonds. The Hall–Kier alpha value is -2.73. The summed E-state index contributed by atoms with van der Waals surface area (Å²) in [6.45, 7) is 0.521. The van der Waals surface area contributed by atoms with Crippen LogP contribution in [0.3, 0.4) is 0 Å². The van der Waals surface area contributed by atoms with Crippen molar-refractivity contribution in [1.82, 2.24) is 20.1 Å². The first-order valence-corrected chi connectivity index (χ1v) is 8.70. The summed E-state index contributed by atoms with van der Waals surface area (Å²) in [5.41, 5.74) is 4.43. The molecule has 2 aromatic carbocycles. The van der Waals surface area contributed by atoms with Gasteiger partial charge >= 0.3 is 0 Å². The summed E-state index contributed by atoms with van der Waals surface area (Å²) in [4.78, 5) is 17.3. The van der Waals surface area contributed by atoms with Gasteiger partial charge in [-0.1, -0.05) is 30.3 Å². The molecule has 1 aromatic heterocycles. The summed E-state index contributed by atoms with van der Waals surface area (Å²) in [5.74, 6) is 0.136. The van der Waals surface area contributed by atoms with E-state index in [2.05, 4.69) is 27.3 Å². The molecule has 6 heteroatoms. The SMILES string of the molecule is CN(Cc1ccc2nonc2c1)C(=O)C1(N(C)C)Cc2ccccc2C1. The maximum atomic E-state index is 13.4. The number of amides is 1. The summed E-state index contributed by atoms with van der Waals surface area (Å²) in [7, 11) is 5.84. The van der Waals surface area contributed by atoms with Gasteiger partial charge in [-0.3, -0.25) is 9.69 Å². The molecule has 1 heterocycles. The zero-order valence-electron chi connectivity index (χ0n) is 15.3. The molecule has 0 N–H and O–H groups in total. The van der Waals surface area contributed by atoms with Gasteiger partial charge < -0.3 is 4.90 Å². The maximum Gasteiger partial charge on any atom is 0.243 e. The number of hydrogen-bond donors (Lipinski definition) is 0. The van der Waals surface area contributed by atoms with Gasteiger partial charge in [-0.05, 0) is 53.2 Å². The smallest absolute Gasteiger partial charge is 0.243 e. The molecule has 134 valence electrons. The van der Waals surface area contributed by atoms with Crippen LogP contribution in [0.15, 0.2) is 47.1 Å². The molecule has 1 aliphatic carbocycles. The van der Waals surface area contributed by atoms with Gasteiger partial charge in [0, 0.05) is 26.4 Å². The lowest BCUT2D eigenvalue weighted by Gasteiger charge is -2.38. The molecule has 0 saturated carbocycles. The van der Waals surface area contributed by atoms with Crippen molar-refractivity contribution in [2.45, 2.75) is 24.9 Å². The fourth-order valence-corrected chi connectivity index (χ4v) is 3.88. The van der Waals surface area contributed by atoms with E-state index in [0.717, 1.165) is 23.9 Å². The Balaban J connectivity index is 1.58. The van der Waals surface area contributed by atoms with E-state index >= 15 is 0 Å². The summed E-state index contributed by atoms with van der Waals surface area (Å²) in [6.07, 6.45) is 1.48. The lowest BCUT2D eigenvalue weighted by Crippen LogP contribution is -2.57. The average Bonchev–Trinajstić information content (AvgIpc) is 3.25. The number of likely N-dealkylation sites (N-methyl/N-ethyl adjacent to an activating group) is 2. The van der Waals surface area contributed by atoms with Crippen molar-refractivity contribution in [2.24, 2.45) is 0 Å². The molecular weight excluding hydrogens is 328 g/mol. The molecule has 0 aliphatic heterocycles. The van der Waals surface area contributed by atoms with E-state index in [1.165, 1.54) is 11.1 Å². The molecule has 0 atom stereocenters. The zero-order valence-corrected chi connectivity index (χ0v) is 15.3. The van der Waals surface area contributed by atoms with Crippen molar-refractivity contribution in [3.8, 4) is 0 Å². The Morgan fingerprint density at radius 1 is 1.04 bits per heavy atom. The van der Waals surface area contributed by atoms with E-state index in [1.54, 1.807) is 4.90 Å². The number of carbonyl (C=O) groups is 1. The minimum absolute atomic E-state index is 0.136. The predicted molar refractivity (Wildman–Crippen MR) is 98.5 cm³/mol. The molecule has 0 radical (unpaired) electrons. The molecule has 0 fully saturated rings. The van der Waals surface area contributed by atoms with Crippen LogP contribution in [0.1, 0.15) is 16.7 Å². The van der Waals surface area contributed by atoms with Gasteiger partial charge in [0.2, 0.25) is 5.91 Å². The second-order valence-corrected chi connectivity index (χ2v) is 7.30. The number of rotatable bonds is 4. The lowest BCUT2D eigenvalue weighted by atomic mass is 9.92. The zero-order chi connectivity index (χ0) is 18.3. The van der Waals surface area contributed by atoms with E-state index in [1.807, 2.05) is 51.5 Å². The second-order valence-electron chi connectivity index (χ2n) is 7.30. The number of carbonyl (C=O) groups excluding carboxylic acids is 1. The summed E-state index contributed by atoms with van der Waals surface area (Å²) < 4.78 is 4.75. The Morgan fingerprint density at radius 3 is 2.35 bits per heavy atom. The van der Waals surface area contributed by atoms with Crippen molar-refractivity contribution < 1.29 is 9.42 Å². The third-order valence-corrected chi connectivity index (χ3v) is 5.42. The second kappa shape index (κ2) is 6.21. The highest BCUT2D eigenvalue weighted by Gasteiger charge is 2.46. The lowest BCUT2D eigenvalue weighted by molar-refractivity contribution is -0.142.